The molecule has 0 aromatic heterocycles. The fourth-order valence-corrected chi connectivity index (χ4v) is 2.49. The molecule has 136 valence electrons. The molecule has 2 amide bonds. The lowest BCUT2D eigenvalue weighted by Crippen LogP contribution is -2.31. The number of anilines is 1. The molecule has 2 rings (SSSR count). The van der Waals surface area contributed by atoms with Crippen LogP contribution in [0.15, 0.2) is 53.7 Å². The predicted octanol–water partition coefficient (Wildman–Crippen LogP) is 3.40. The van der Waals surface area contributed by atoms with Gasteiger partial charge in [0.25, 0.3) is 11.8 Å². The molecule has 1 N–H and O–H groups in total. The van der Waals surface area contributed by atoms with Gasteiger partial charge >= 0.3 is 0 Å². The first-order chi connectivity index (χ1) is 12.6. The van der Waals surface area contributed by atoms with Crippen LogP contribution in [0, 0.1) is 0 Å². The van der Waals surface area contributed by atoms with Crippen molar-refractivity contribution in [3.05, 3.63) is 65.2 Å². The topological polar surface area (TPSA) is 71.0 Å². The van der Waals surface area contributed by atoms with Gasteiger partial charge in [0.1, 0.15) is 7.11 Å². The molecule has 0 aliphatic carbocycles. The van der Waals surface area contributed by atoms with E-state index in [0.29, 0.717) is 29.9 Å². The van der Waals surface area contributed by atoms with E-state index in [1.54, 1.807) is 59.6 Å². The maximum Gasteiger partial charge on any atom is 0.255 e. The number of nitrogens with zero attached hydrogens (tertiary/aromatic N) is 2. The van der Waals surface area contributed by atoms with Gasteiger partial charge in [0, 0.05) is 18.7 Å². The Morgan fingerprint density at radius 3 is 2.35 bits per heavy atom. The van der Waals surface area contributed by atoms with E-state index in [2.05, 4.69) is 15.3 Å². The van der Waals surface area contributed by atoms with Gasteiger partial charge in [-0.3, -0.25) is 9.59 Å². The smallest absolute Gasteiger partial charge is 0.255 e. The number of hydrogen-bond acceptors (Lipinski definition) is 4. The van der Waals surface area contributed by atoms with Crippen LogP contribution in [0.3, 0.4) is 0 Å². The van der Waals surface area contributed by atoms with Crippen molar-refractivity contribution in [2.24, 2.45) is 5.16 Å². The van der Waals surface area contributed by atoms with E-state index in [1.165, 1.54) is 7.11 Å². The monoisotopic (exact) mass is 353 g/mol. The fourth-order valence-electron chi connectivity index (χ4n) is 2.49. The standard InChI is InChI=1S/C20H23N3O3/c1-4-23(5-2)20(25)17-8-6-7-9-18(17)22-19(24)16-12-10-15(11-13-16)14-21-26-3/h6-14H,4-5H2,1-3H3,(H,22,24)/b21-14+. The first kappa shape index (κ1) is 19.2. The third kappa shape index (κ3) is 4.69. The van der Waals surface area contributed by atoms with Gasteiger partial charge in [-0.2, -0.15) is 0 Å². The Kier molecular flexibility index (Phi) is 6.91. The van der Waals surface area contributed by atoms with Gasteiger partial charge in [-0.05, 0) is 43.7 Å². The number of amides is 2. The average Bonchev–Trinajstić information content (AvgIpc) is 2.68. The number of rotatable bonds is 7. The summed E-state index contributed by atoms with van der Waals surface area (Å²) in [5.74, 6) is -0.378. The van der Waals surface area contributed by atoms with Crippen LogP contribution in [0.2, 0.25) is 0 Å². The molecule has 0 unspecified atom stereocenters. The van der Waals surface area contributed by atoms with Crippen LogP contribution >= 0.6 is 0 Å². The molecule has 0 aliphatic heterocycles. The number of nitrogens with one attached hydrogen (secondary N) is 1. The lowest BCUT2D eigenvalue weighted by molar-refractivity contribution is 0.0774. The molecule has 0 spiro atoms. The highest BCUT2D eigenvalue weighted by Crippen LogP contribution is 2.18. The van der Waals surface area contributed by atoms with Crippen LogP contribution in [-0.4, -0.2) is 43.1 Å². The normalized spacial score (nSPS) is 10.6. The van der Waals surface area contributed by atoms with Crippen LogP contribution < -0.4 is 5.32 Å². The second-order valence-electron chi connectivity index (χ2n) is 5.52. The molecule has 0 bridgehead atoms. The largest absolute Gasteiger partial charge is 0.399 e. The third-order valence-corrected chi connectivity index (χ3v) is 3.94. The molecule has 0 saturated carbocycles. The zero-order valence-electron chi connectivity index (χ0n) is 15.2. The van der Waals surface area contributed by atoms with Crippen LogP contribution in [0.4, 0.5) is 5.69 Å². The summed E-state index contributed by atoms with van der Waals surface area (Å²) in [6.07, 6.45) is 1.56. The van der Waals surface area contributed by atoms with E-state index in [0.717, 1.165) is 5.56 Å². The van der Waals surface area contributed by atoms with Crippen LogP contribution in [0.25, 0.3) is 0 Å². The van der Waals surface area contributed by atoms with Crippen molar-refractivity contribution in [2.75, 3.05) is 25.5 Å². The number of para-hydroxylation sites is 1. The van der Waals surface area contributed by atoms with Crippen molar-refractivity contribution >= 4 is 23.7 Å². The minimum atomic E-state index is -0.278. The van der Waals surface area contributed by atoms with Gasteiger partial charge in [-0.15, -0.1) is 0 Å². The lowest BCUT2D eigenvalue weighted by Gasteiger charge is -2.20. The lowest BCUT2D eigenvalue weighted by atomic mass is 10.1. The molecule has 0 aliphatic rings. The highest BCUT2D eigenvalue weighted by Gasteiger charge is 2.17. The number of hydrogen-bond donors (Lipinski definition) is 1. The highest BCUT2D eigenvalue weighted by molar-refractivity contribution is 6.09. The number of carbonyl (C=O) groups is 2. The zero-order valence-corrected chi connectivity index (χ0v) is 15.2. The molecule has 6 nitrogen and oxygen atoms in total. The fraction of sp³-hybridized carbons (Fsp3) is 0.250. The SMILES string of the molecule is CCN(CC)C(=O)c1ccccc1NC(=O)c1ccc(/C=N/OC)cc1. The number of carbonyl (C=O) groups excluding carboxylic acids is 2. The van der Waals surface area contributed by atoms with E-state index >= 15 is 0 Å². The maximum absolute atomic E-state index is 12.6. The second kappa shape index (κ2) is 9.36. The third-order valence-electron chi connectivity index (χ3n) is 3.94. The van der Waals surface area contributed by atoms with Gasteiger partial charge in [0.15, 0.2) is 0 Å². The van der Waals surface area contributed by atoms with Gasteiger partial charge < -0.3 is 15.1 Å². The number of benzene rings is 2. The van der Waals surface area contributed by atoms with Crippen LogP contribution in [0.5, 0.6) is 0 Å². The predicted molar refractivity (Wildman–Crippen MR) is 103 cm³/mol. The first-order valence-electron chi connectivity index (χ1n) is 8.46. The molecule has 2 aromatic rings. The minimum Gasteiger partial charge on any atom is -0.399 e. The van der Waals surface area contributed by atoms with E-state index in [1.807, 2.05) is 13.8 Å². The molecule has 0 fully saturated rings. The molecule has 0 heterocycles. The molecule has 0 atom stereocenters. The Bertz CT molecular complexity index is 781. The Morgan fingerprint density at radius 2 is 1.73 bits per heavy atom. The maximum atomic E-state index is 12.6. The van der Waals surface area contributed by atoms with Crippen molar-refractivity contribution in [1.82, 2.24) is 4.90 Å². The molecule has 0 radical (unpaired) electrons. The summed E-state index contributed by atoms with van der Waals surface area (Å²) in [5, 5.41) is 6.51. The summed E-state index contributed by atoms with van der Waals surface area (Å²) in [5.41, 5.74) is 2.29. The number of oxime groups is 1. The van der Waals surface area contributed by atoms with Gasteiger partial charge in [-0.25, -0.2) is 0 Å². The van der Waals surface area contributed by atoms with Gasteiger partial charge in [0.05, 0.1) is 17.5 Å². The summed E-state index contributed by atoms with van der Waals surface area (Å²) < 4.78 is 0. The van der Waals surface area contributed by atoms with E-state index in [9.17, 15) is 9.59 Å². The Labute approximate surface area is 153 Å². The quantitative estimate of drug-likeness (QED) is 0.612. The summed E-state index contributed by atoms with van der Waals surface area (Å²) in [4.78, 5) is 31.5. The average molecular weight is 353 g/mol. The minimum absolute atomic E-state index is 0.1000. The van der Waals surface area contributed by atoms with Gasteiger partial charge in [-0.1, -0.05) is 29.4 Å². The van der Waals surface area contributed by atoms with E-state index in [-0.39, 0.29) is 11.8 Å². The molecule has 6 heteroatoms. The Balaban J connectivity index is 2.19. The van der Waals surface area contributed by atoms with Crippen molar-refractivity contribution in [3.63, 3.8) is 0 Å². The van der Waals surface area contributed by atoms with E-state index in [4.69, 9.17) is 0 Å². The molecular weight excluding hydrogens is 330 g/mol. The first-order valence-corrected chi connectivity index (χ1v) is 8.46. The molecular formula is C20H23N3O3. The summed E-state index contributed by atoms with van der Waals surface area (Å²) in [7, 11) is 1.47. The van der Waals surface area contributed by atoms with Crippen molar-refractivity contribution in [2.45, 2.75) is 13.8 Å². The van der Waals surface area contributed by atoms with Crippen molar-refractivity contribution in [3.8, 4) is 0 Å². The van der Waals surface area contributed by atoms with E-state index < -0.39 is 0 Å². The molecule has 26 heavy (non-hydrogen) atoms. The van der Waals surface area contributed by atoms with Crippen molar-refractivity contribution in [1.29, 1.82) is 0 Å². The molecule has 2 aromatic carbocycles. The van der Waals surface area contributed by atoms with Crippen LogP contribution in [-0.2, 0) is 4.84 Å². The highest BCUT2D eigenvalue weighted by atomic mass is 16.6. The molecule has 0 saturated heterocycles. The summed E-state index contributed by atoms with van der Waals surface area (Å²) in [6.45, 7) is 5.08. The van der Waals surface area contributed by atoms with Gasteiger partial charge in [0.2, 0.25) is 0 Å². The zero-order chi connectivity index (χ0) is 18.9. The van der Waals surface area contributed by atoms with Crippen molar-refractivity contribution < 1.29 is 14.4 Å². The summed E-state index contributed by atoms with van der Waals surface area (Å²) in [6, 6.07) is 14.0. The second-order valence-corrected chi connectivity index (χ2v) is 5.52. The summed E-state index contributed by atoms with van der Waals surface area (Å²) >= 11 is 0. The van der Waals surface area contributed by atoms with Crippen LogP contribution in [0.1, 0.15) is 40.1 Å². The Morgan fingerprint density at radius 1 is 1.08 bits per heavy atom. The Hall–Kier alpha value is -3.15.